The Balaban J connectivity index is 3.29. The van der Waals surface area contributed by atoms with E-state index in [-0.39, 0.29) is 0 Å². The van der Waals surface area contributed by atoms with Crippen molar-refractivity contribution in [2.45, 2.75) is 0 Å². The molecule has 52 valence electrons. The first kappa shape index (κ1) is 8.68. The van der Waals surface area contributed by atoms with E-state index in [4.69, 9.17) is 5.84 Å². The molecule has 0 aliphatic heterocycles. The number of nitrogens with one attached hydrogen (secondary N) is 2. The van der Waals surface area contributed by atoms with Gasteiger partial charge in [0.1, 0.15) is 0 Å². The van der Waals surface area contributed by atoms with Crippen LogP contribution in [0.3, 0.4) is 0 Å². The lowest BCUT2D eigenvalue weighted by molar-refractivity contribution is 0.567. The lowest BCUT2D eigenvalue weighted by Gasteiger charge is -2.09. The van der Waals surface area contributed by atoms with Crippen LogP contribution in [0.1, 0.15) is 0 Å². The van der Waals surface area contributed by atoms with Crippen LogP contribution in [-0.4, -0.2) is 21.1 Å². The minimum Gasteiger partial charge on any atom is -0.361 e. The van der Waals surface area contributed by atoms with Crippen molar-refractivity contribution in [2.75, 3.05) is 13.1 Å². The molecule has 0 radical (unpaired) electrons. The van der Waals surface area contributed by atoms with Crippen molar-refractivity contribution >= 4 is 7.98 Å². The molecule has 1 atom stereocenters. The molecule has 0 spiro atoms. The quantitative estimate of drug-likeness (QED) is 0.180. The largest absolute Gasteiger partial charge is 0.361 e. The number of nitrogens with two attached hydrogens (primary N) is 1. The average molecular weight is 127 g/mol. The number of hydrogen-bond acceptors (Lipinski definition) is 3. The Morgan fingerprint density at radius 1 is 1.67 bits per heavy atom. The summed E-state index contributed by atoms with van der Waals surface area (Å²) in [5.41, 5.74) is 2.59. The summed E-state index contributed by atoms with van der Waals surface area (Å²) in [5, 5.41) is 3.04. The second-order valence-corrected chi connectivity index (χ2v) is 1.96. The number of hydrogen-bond donors (Lipinski definition) is 3. The normalized spacial score (nSPS) is 13.0. The molecule has 0 aromatic rings. The fourth-order valence-corrected chi connectivity index (χ4v) is 0.652. The van der Waals surface area contributed by atoms with Gasteiger partial charge in [-0.2, -0.15) is 0 Å². The number of hydrazine groups is 1. The molecule has 9 heavy (non-hydrogen) atoms. The third-order valence-electron chi connectivity index (χ3n) is 1.18. The molecular weight excluding hydrogens is 113 g/mol. The van der Waals surface area contributed by atoms with E-state index in [0.717, 1.165) is 13.1 Å². The average Bonchev–Trinajstić information content (AvgIpc) is 1.88. The molecular formula is C5H14BN3. The van der Waals surface area contributed by atoms with Gasteiger partial charge in [0.2, 0.25) is 0 Å². The van der Waals surface area contributed by atoms with Gasteiger partial charge in [-0.25, -0.2) is 0 Å². The summed E-state index contributed by atoms with van der Waals surface area (Å²) in [4.78, 5) is 0. The van der Waals surface area contributed by atoms with Crippen LogP contribution in [0, 0.1) is 5.92 Å². The van der Waals surface area contributed by atoms with E-state index in [0.29, 0.717) is 5.92 Å². The van der Waals surface area contributed by atoms with Gasteiger partial charge in [0.15, 0.2) is 7.98 Å². The van der Waals surface area contributed by atoms with Gasteiger partial charge in [0.05, 0.1) is 0 Å². The van der Waals surface area contributed by atoms with E-state index in [9.17, 15) is 0 Å². The van der Waals surface area contributed by atoms with Crippen LogP contribution < -0.4 is 16.5 Å². The summed E-state index contributed by atoms with van der Waals surface area (Å²) in [5.74, 6) is 5.54. The Morgan fingerprint density at radius 3 is 2.67 bits per heavy atom. The van der Waals surface area contributed by atoms with Gasteiger partial charge >= 0.3 is 0 Å². The molecule has 1 unspecified atom stereocenters. The maximum absolute atomic E-state index is 5.11. The highest BCUT2D eigenvalue weighted by Crippen LogP contribution is 1.90. The van der Waals surface area contributed by atoms with Gasteiger partial charge in [0, 0.05) is 12.5 Å². The first-order valence-electron chi connectivity index (χ1n) is 3.05. The van der Waals surface area contributed by atoms with Crippen molar-refractivity contribution in [3.8, 4) is 0 Å². The van der Waals surface area contributed by atoms with Gasteiger partial charge in [0.25, 0.3) is 0 Å². The Morgan fingerprint density at radius 2 is 2.33 bits per heavy atom. The Kier molecular flexibility index (Phi) is 5.61. The Bertz CT molecular complexity index is 70.6. The molecule has 4 heteroatoms. The Hall–Kier alpha value is -0.315. The highest BCUT2D eigenvalue weighted by molar-refractivity contribution is 6.04. The Labute approximate surface area is 57.1 Å². The minimum absolute atomic E-state index is 0.431. The molecule has 0 fully saturated rings. The predicted octanol–water partition coefficient (Wildman–Crippen LogP) is -1.61. The molecule has 3 nitrogen and oxygen atoms in total. The SMILES string of the molecule is BNCC(C=C)CNN. The third-order valence-corrected chi connectivity index (χ3v) is 1.18. The zero-order valence-electron chi connectivity index (χ0n) is 5.85. The molecule has 0 aliphatic carbocycles. The standard InChI is InChI=1S/C5H14BN3/c1-2-5(3-8-6)4-9-7/h2,5,8-9H,1,3-4,6-7H2. The van der Waals surface area contributed by atoms with E-state index in [2.05, 4.69) is 17.2 Å². The molecule has 0 amide bonds. The summed E-state index contributed by atoms with van der Waals surface area (Å²) < 4.78 is 0. The van der Waals surface area contributed by atoms with Crippen LogP contribution >= 0.6 is 0 Å². The van der Waals surface area contributed by atoms with Crippen molar-refractivity contribution in [2.24, 2.45) is 11.8 Å². The van der Waals surface area contributed by atoms with Crippen LogP contribution in [-0.2, 0) is 0 Å². The van der Waals surface area contributed by atoms with E-state index >= 15 is 0 Å². The van der Waals surface area contributed by atoms with Crippen molar-refractivity contribution in [3.63, 3.8) is 0 Å². The van der Waals surface area contributed by atoms with Gasteiger partial charge in [-0.3, -0.25) is 11.3 Å². The van der Waals surface area contributed by atoms with E-state index in [1.54, 1.807) is 0 Å². The fraction of sp³-hybridized carbons (Fsp3) is 0.600. The van der Waals surface area contributed by atoms with Gasteiger partial charge < -0.3 is 5.23 Å². The van der Waals surface area contributed by atoms with Crippen LogP contribution in [0.5, 0.6) is 0 Å². The van der Waals surface area contributed by atoms with Crippen molar-refractivity contribution in [1.29, 1.82) is 0 Å². The topological polar surface area (TPSA) is 50.1 Å². The predicted molar refractivity (Wildman–Crippen MR) is 42.4 cm³/mol. The zero-order chi connectivity index (χ0) is 7.11. The maximum Gasteiger partial charge on any atom is 0.181 e. The fourth-order valence-electron chi connectivity index (χ4n) is 0.652. The molecule has 0 aromatic carbocycles. The monoisotopic (exact) mass is 127 g/mol. The zero-order valence-corrected chi connectivity index (χ0v) is 5.85. The molecule has 4 N–H and O–H groups in total. The van der Waals surface area contributed by atoms with E-state index in [1.165, 1.54) is 0 Å². The highest BCUT2D eigenvalue weighted by atomic mass is 15.2. The van der Waals surface area contributed by atoms with Crippen LogP contribution in [0.15, 0.2) is 12.7 Å². The van der Waals surface area contributed by atoms with Crippen molar-refractivity contribution in [1.82, 2.24) is 10.7 Å². The second kappa shape index (κ2) is 5.82. The van der Waals surface area contributed by atoms with E-state index in [1.807, 2.05) is 14.1 Å². The summed E-state index contributed by atoms with van der Waals surface area (Å²) in [7, 11) is 1.91. The van der Waals surface area contributed by atoms with Gasteiger partial charge in [-0.15, -0.1) is 6.58 Å². The first-order chi connectivity index (χ1) is 4.35. The van der Waals surface area contributed by atoms with Gasteiger partial charge in [-0.05, 0) is 6.54 Å². The first-order valence-corrected chi connectivity index (χ1v) is 3.05. The molecule has 0 bridgehead atoms. The lowest BCUT2D eigenvalue weighted by Crippen LogP contribution is -2.32. The smallest absolute Gasteiger partial charge is 0.181 e. The summed E-state index contributed by atoms with van der Waals surface area (Å²) in [6.07, 6.45) is 1.89. The highest BCUT2D eigenvalue weighted by Gasteiger charge is 1.98. The molecule has 0 saturated carbocycles. The molecule has 0 saturated heterocycles. The number of rotatable bonds is 5. The lowest BCUT2D eigenvalue weighted by atomic mass is 10.1. The minimum atomic E-state index is 0.431. The molecule has 0 aliphatic rings. The van der Waals surface area contributed by atoms with E-state index < -0.39 is 0 Å². The second-order valence-electron chi connectivity index (χ2n) is 1.96. The van der Waals surface area contributed by atoms with Crippen LogP contribution in [0.4, 0.5) is 0 Å². The van der Waals surface area contributed by atoms with Gasteiger partial charge in [-0.1, -0.05) is 6.08 Å². The van der Waals surface area contributed by atoms with Crippen molar-refractivity contribution in [3.05, 3.63) is 12.7 Å². The van der Waals surface area contributed by atoms with Crippen LogP contribution in [0.2, 0.25) is 0 Å². The van der Waals surface area contributed by atoms with Crippen molar-refractivity contribution < 1.29 is 0 Å². The molecule has 0 heterocycles. The third kappa shape index (κ3) is 4.21. The summed E-state index contributed by atoms with van der Waals surface area (Å²) in [6, 6.07) is 0. The summed E-state index contributed by atoms with van der Waals surface area (Å²) >= 11 is 0. The summed E-state index contributed by atoms with van der Waals surface area (Å²) in [6.45, 7) is 5.37. The van der Waals surface area contributed by atoms with Crippen LogP contribution in [0.25, 0.3) is 0 Å². The maximum atomic E-state index is 5.11. The molecule has 0 rings (SSSR count). The molecule has 0 aromatic heterocycles.